The lowest BCUT2D eigenvalue weighted by Gasteiger charge is -2.16. The average molecular weight is 196 g/mol. The summed E-state index contributed by atoms with van der Waals surface area (Å²) in [5.74, 6) is -0.196. The highest BCUT2D eigenvalue weighted by molar-refractivity contribution is 5.75. The molecule has 4 nitrogen and oxygen atoms in total. The molecule has 0 saturated heterocycles. The third-order valence-corrected chi connectivity index (χ3v) is 1.89. The van der Waals surface area contributed by atoms with Gasteiger partial charge in [0.25, 0.3) is 0 Å². The molecule has 0 radical (unpaired) electrons. The fourth-order valence-corrected chi connectivity index (χ4v) is 0.899. The summed E-state index contributed by atoms with van der Waals surface area (Å²) in [6.07, 6.45) is 1.68. The van der Waals surface area contributed by atoms with E-state index in [2.05, 4.69) is 5.10 Å². The van der Waals surface area contributed by atoms with Crippen LogP contribution in [0.2, 0.25) is 0 Å². The molecule has 0 N–H and O–H groups in total. The van der Waals surface area contributed by atoms with E-state index in [0.29, 0.717) is 0 Å². The first-order valence-corrected chi connectivity index (χ1v) is 4.55. The number of rotatable bonds is 2. The van der Waals surface area contributed by atoms with Gasteiger partial charge in [-0.25, -0.2) is 0 Å². The summed E-state index contributed by atoms with van der Waals surface area (Å²) in [5.41, 5.74) is 0.445. The SMILES string of the molecule is Cn1nccc1COC(=O)C(C)(C)C. The van der Waals surface area contributed by atoms with Crippen LogP contribution in [0.15, 0.2) is 12.3 Å². The van der Waals surface area contributed by atoms with Crippen molar-refractivity contribution < 1.29 is 9.53 Å². The number of carbonyl (C=O) groups is 1. The van der Waals surface area contributed by atoms with Gasteiger partial charge in [0.15, 0.2) is 0 Å². The molecule has 0 fully saturated rings. The number of hydrogen-bond donors (Lipinski definition) is 0. The number of carbonyl (C=O) groups excluding carboxylic acids is 1. The Balaban J connectivity index is 2.50. The first kappa shape index (κ1) is 10.8. The molecular formula is C10H16N2O2. The number of ether oxygens (including phenoxy) is 1. The lowest BCUT2D eigenvalue weighted by molar-refractivity contribution is -0.154. The molecular weight excluding hydrogens is 180 g/mol. The molecule has 78 valence electrons. The van der Waals surface area contributed by atoms with Gasteiger partial charge in [0, 0.05) is 13.2 Å². The zero-order valence-electron chi connectivity index (χ0n) is 9.07. The zero-order chi connectivity index (χ0) is 10.8. The predicted octanol–water partition coefficient (Wildman–Crippen LogP) is 1.51. The van der Waals surface area contributed by atoms with E-state index in [1.165, 1.54) is 0 Å². The molecule has 0 amide bonds. The molecule has 0 unspecified atom stereocenters. The van der Waals surface area contributed by atoms with Crippen LogP contribution in [-0.4, -0.2) is 15.7 Å². The Hall–Kier alpha value is -1.32. The minimum absolute atomic E-state index is 0.196. The molecule has 1 rings (SSSR count). The summed E-state index contributed by atoms with van der Waals surface area (Å²) in [6.45, 7) is 5.78. The van der Waals surface area contributed by atoms with Gasteiger partial charge >= 0.3 is 5.97 Å². The normalized spacial score (nSPS) is 11.4. The van der Waals surface area contributed by atoms with Gasteiger partial charge in [0.1, 0.15) is 6.61 Å². The van der Waals surface area contributed by atoms with E-state index in [9.17, 15) is 4.79 Å². The van der Waals surface area contributed by atoms with Gasteiger partial charge in [-0.2, -0.15) is 5.10 Å². The Labute approximate surface area is 83.9 Å². The van der Waals surface area contributed by atoms with Gasteiger partial charge in [-0.3, -0.25) is 9.48 Å². The summed E-state index contributed by atoms with van der Waals surface area (Å²) in [5, 5.41) is 3.98. The minimum atomic E-state index is -0.446. The van der Waals surface area contributed by atoms with Crippen LogP contribution in [0.1, 0.15) is 26.5 Å². The smallest absolute Gasteiger partial charge is 0.311 e. The lowest BCUT2D eigenvalue weighted by Crippen LogP contribution is -2.23. The number of aryl methyl sites for hydroxylation is 1. The van der Waals surface area contributed by atoms with Crippen molar-refractivity contribution in [2.75, 3.05) is 0 Å². The van der Waals surface area contributed by atoms with Crippen molar-refractivity contribution in [2.24, 2.45) is 12.5 Å². The number of esters is 1. The van der Waals surface area contributed by atoms with Crippen molar-refractivity contribution in [1.29, 1.82) is 0 Å². The van der Waals surface area contributed by atoms with Crippen molar-refractivity contribution >= 4 is 5.97 Å². The first-order chi connectivity index (χ1) is 6.41. The van der Waals surface area contributed by atoms with Gasteiger partial charge in [-0.1, -0.05) is 0 Å². The molecule has 0 saturated carbocycles. The number of aromatic nitrogens is 2. The molecule has 0 aliphatic heterocycles. The second-order valence-electron chi connectivity index (χ2n) is 4.27. The first-order valence-electron chi connectivity index (χ1n) is 4.55. The molecule has 0 aliphatic rings. The Bertz CT molecular complexity index is 323. The van der Waals surface area contributed by atoms with Crippen molar-refractivity contribution in [3.63, 3.8) is 0 Å². The minimum Gasteiger partial charge on any atom is -0.459 e. The molecule has 0 aromatic carbocycles. The molecule has 4 heteroatoms. The van der Waals surface area contributed by atoms with Gasteiger partial charge in [-0.15, -0.1) is 0 Å². The number of nitrogens with zero attached hydrogens (tertiary/aromatic N) is 2. The van der Waals surface area contributed by atoms with E-state index in [0.717, 1.165) is 5.69 Å². The molecule has 0 aliphatic carbocycles. The van der Waals surface area contributed by atoms with Crippen molar-refractivity contribution in [3.8, 4) is 0 Å². The van der Waals surface area contributed by atoms with Crippen molar-refractivity contribution in [2.45, 2.75) is 27.4 Å². The molecule has 0 bridgehead atoms. The second-order valence-corrected chi connectivity index (χ2v) is 4.27. The van der Waals surface area contributed by atoms with Gasteiger partial charge < -0.3 is 4.74 Å². The quantitative estimate of drug-likeness (QED) is 0.673. The predicted molar refractivity (Wildman–Crippen MR) is 52.5 cm³/mol. The summed E-state index contributed by atoms with van der Waals surface area (Å²) >= 11 is 0. The fraction of sp³-hybridized carbons (Fsp3) is 0.600. The van der Waals surface area contributed by atoms with Gasteiger partial charge in [0.05, 0.1) is 11.1 Å². The Kier molecular flexibility index (Phi) is 2.93. The van der Waals surface area contributed by atoms with E-state index in [1.54, 1.807) is 10.9 Å². The van der Waals surface area contributed by atoms with E-state index >= 15 is 0 Å². The molecule has 1 heterocycles. The van der Waals surface area contributed by atoms with Crippen LogP contribution in [-0.2, 0) is 23.2 Å². The maximum atomic E-state index is 11.4. The lowest BCUT2D eigenvalue weighted by atomic mass is 9.97. The largest absolute Gasteiger partial charge is 0.459 e. The second kappa shape index (κ2) is 3.82. The monoisotopic (exact) mass is 196 g/mol. The van der Waals surface area contributed by atoms with E-state index < -0.39 is 5.41 Å². The molecule has 1 aromatic heterocycles. The molecule has 1 aromatic rings. The number of hydrogen-bond acceptors (Lipinski definition) is 3. The summed E-state index contributed by atoms with van der Waals surface area (Å²) < 4.78 is 6.82. The van der Waals surface area contributed by atoms with Crippen LogP contribution in [0.3, 0.4) is 0 Å². The topological polar surface area (TPSA) is 44.1 Å². The van der Waals surface area contributed by atoms with Crippen molar-refractivity contribution in [3.05, 3.63) is 18.0 Å². The standard InChI is InChI=1S/C10H16N2O2/c1-10(2,3)9(13)14-7-8-5-6-11-12(8)4/h5-6H,7H2,1-4H3. The highest BCUT2D eigenvalue weighted by atomic mass is 16.5. The molecule has 0 atom stereocenters. The highest BCUT2D eigenvalue weighted by Gasteiger charge is 2.23. The van der Waals surface area contributed by atoms with Crippen LogP contribution in [0.4, 0.5) is 0 Å². The van der Waals surface area contributed by atoms with E-state index in [1.807, 2.05) is 33.9 Å². The van der Waals surface area contributed by atoms with Crippen LogP contribution < -0.4 is 0 Å². The van der Waals surface area contributed by atoms with E-state index in [4.69, 9.17) is 4.74 Å². The van der Waals surface area contributed by atoms with Crippen LogP contribution >= 0.6 is 0 Å². The Morgan fingerprint density at radius 1 is 1.57 bits per heavy atom. The maximum Gasteiger partial charge on any atom is 0.311 e. The van der Waals surface area contributed by atoms with Crippen LogP contribution in [0, 0.1) is 5.41 Å². The van der Waals surface area contributed by atoms with Crippen LogP contribution in [0.25, 0.3) is 0 Å². The third kappa shape index (κ3) is 2.58. The van der Waals surface area contributed by atoms with Gasteiger partial charge in [-0.05, 0) is 26.8 Å². The highest BCUT2D eigenvalue weighted by Crippen LogP contribution is 2.16. The summed E-state index contributed by atoms with van der Waals surface area (Å²) in [7, 11) is 1.82. The van der Waals surface area contributed by atoms with Crippen LogP contribution in [0.5, 0.6) is 0 Å². The average Bonchev–Trinajstić information content (AvgIpc) is 2.45. The van der Waals surface area contributed by atoms with Crippen molar-refractivity contribution in [1.82, 2.24) is 9.78 Å². The summed E-state index contributed by atoms with van der Waals surface area (Å²) in [6, 6.07) is 1.83. The third-order valence-electron chi connectivity index (χ3n) is 1.89. The Morgan fingerprint density at radius 3 is 2.64 bits per heavy atom. The summed E-state index contributed by atoms with van der Waals surface area (Å²) in [4.78, 5) is 11.4. The molecule has 0 spiro atoms. The van der Waals surface area contributed by atoms with E-state index in [-0.39, 0.29) is 12.6 Å². The Morgan fingerprint density at radius 2 is 2.21 bits per heavy atom. The fourth-order valence-electron chi connectivity index (χ4n) is 0.899. The molecule has 14 heavy (non-hydrogen) atoms. The zero-order valence-corrected chi connectivity index (χ0v) is 9.07. The maximum absolute atomic E-state index is 11.4. The van der Waals surface area contributed by atoms with Gasteiger partial charge in [0.2, 0.25) is 0 Å².